The Morgan fingerprint density at radius 3 is 2.93 bits per heavy atom. The summed E-state index contributed by atoms with van der Waals surface area (Å²) in [6.45, 7) is 4.35. The van der Waals surface area contributed by atoms with Crippen LogP contribution in [0.25, 0.3) is 6.08 Å². The van der Waals surface area contributed by atoms with Gasteiger partial charge in [-0.05, 0) is 44.1 Å². The van der Waals surface area contributed by atoms with Crippen molar-refractivity contribution in [2.24, 2.45) is 0 Å². The summed E-state index contributed by atoms with van der Waals surface area (Å²) in [7, 11) is 0. The first-order chi connectivity index (χ1) is 6.83. The van der Waals surface area contributed by atoms with Gasteiger partial charge in [-0.25, -0.2) is 0 Å². The second-order valence-corrected chi connectivity index (χ2v) is 4.83. The summed E-state index contributed by atoms with van der Waals surface area (Å²) in [5.74, 6) is 0. The van der Waals surface area contributed by atoms with Crippen LogP contribution in [-0.4, -0.2) is 13.1 Å². The van der Waals surface area contributed by atoms with Crippen molar-refractivity contribution in [2.75, 3.05) is 13.1 Å². The Morgan fingerprint density at radius 1 is 1.43 bits per heavy atom. The molecule has 1 nitrogen and oxygen atoms in total. The van der Waals surface area contributed by atoms with Gasteiger partial charge in [0.05, 0.1) is 4.34 Å². The van der Waals surface area contributed by atoms with E-state index in [1.807, 2.05) is 12.1 Å². The third kappa shape index (κ3) is 4.80. The van der Waals surface area contributed by atoms with Gasteiger partial charge in [0.1, 0.15) is 0 Å². The van der Waals surface area contributed by atoms with E-state index >= 15 is 0 Å². The summed E-state index contributed by atoms with van der Waals surface area (Å²) < 4.78 is 0.855. The van der Waals surface area contributed by atoms with E-state index < -0.39 is 0 Å². The topological polar surface area (TPSA) is 12.0 Å². The minimum atomic E-state index is 0.855. The van der Waals surface area contributed by atoms with Crippen LogP contribution in [0.15, 0.2) is 18.2 Å². The van der Waals surface area contributed by atoms with Crippen LogP contribution in [0.2, 0.25) is 4.34 Å². The summed E-state index contributed by atoms with van der Waals surface area (Å²) in [6, 6.07) is 3.98. The number of nitrogens with one attached hydrogen (secondary N) is 1. The van der Waals surface area contributed by atoms with Crippen molar-refractivity contribution in [3.8, 4) is 0 Å². The standard InChI is InChI=1S/C11H16ClNS/c1-2-8-13-9-4-3-5-10-6-7-11(12)14-10/h3,5-7,13H,2,4,8-9H2,1H3. The fourth-order valence-electron chi connectivity index (χ4n) is 1.10. The molecular weight excluding hydrogens is 214 g/mol. The van der Waals surface area contributed by atoms with Crippen LogP contribution >= 0.6 is 22.9 Å². The second-order valence-electron chi connectivity index (χ2n) is 3.08. The molecule has 0 aromatic carbocycles. The number of hydrogen-bond acceptors (Lipinski definition) is 2. The van der Waals surface area contributed by atoms with Crippen molar-refractivity contribution in [3.05, 3.63) is 27.4 Å². The zero-order valence-corrected chi connectivity index (χ0v) is 10.00. The molecule has 1 N–H and O–H groups in total. The van der Waals surface area contributed by atoms with E-state index in [0.717, 1.165) is 23.8 Å². The third-order valence-corrected chi connectivity index (χ3v) is 2.99. The van der Waals surface area contributed by atoms with Gasteiger partial charge in [-0.1, -0.05) is 24.6 Å². The Bertz CT molecular complexity index is 281. The molecule has 0 aliphatic carbocycles. The maximum atomic E-state index is 5.81. The first-order valence-electron chi connectivity index (χ1n) is 4.95. The highest BCUT2D eigenvalue weighted by atomic mass is 35.5. The molecule has 0 spiro atoms. The van der Waals surface area contributed by atoms with Gasteiger partial charge in [-0.15, -0.1) is 11.3 Å². The lowest BCUT2D eigenvalue weighted by Gasteiger charge is -1.97. The predicted octanol–water partition coefficient (Wildman–Crippen LogP) is 3.80. The molecule has 78 valence electrons. The van der Waals surface area contributed by atoms with Crippen molar-refractivity contribution < 1.29 is 0 Å². The molecule has 0 radical (unpaired) electrons. The average Bonchev–Trinajstić information content (AvgIpc) is 2.58. The molecule has 0 unspecified atom stereocenters. The number of hydrogen-bond donors (Lipinski definition) is 1. The van der Waals surface area contributed by atoms with Crippen LogP contribution in [0.5, 0.6) is 0 Å². The predicted molar refractivity (Wildman–Crippen MR) is 66.1 cm³/mol. The summed E-state index contributed by atoms with van der Waals surface area (Å²) in [4.78, 5) is 1.23. The van der Waals surface area contributed by atoms with E-state index in [4.69, 9.17) is 11.6 Å². The van der Waals surface area contributed by atoms with Gasteiger partial charge in [-0.3, -0.25) is 0 Å². The lowest BCUT2D eigenvalue weighted by Crippen LogP contribution is -2.14. The van der Waals surface area contributed by atoms with E-state index in [0.29, 0.717) is 0 Å². The average molecular weight is 230 g/mol. The lowest BCUT2D eigenvalue weighted by atomic mass is 10.3. The van der Waals surface area contributed by atoms with Gasteiger partial charge in [0.15, 0.2) is 0 Å². The molecule has 0 aliphatic heterocycles. The molecule has 1 rings (SSSR count). The summed E-state index contributed by atoms with van der Waals surface area (Å²) in [6.07, 6.45) is 6.59. The van der Waals surface area contributed by atoms with Gasteiger partial charge < -0.3 is 5.32 Å². The Morgan fingerprint density at radius 2 is 2.29 bits per heavy atom. The highest BCUT2D eigenvalue weighted by molar-refractivity contribution is 7.16. The molecule has 0 bridgehead atoms. The molecular formula is C11H16ClNS. The smallest absolute Gasteiger partial charge is 0.0934 e. The first-order valence-corrected chi connectivity index (χ1v) is 6.15. The summed E-state index contributed by atoms with van der Waals surface area (Å²) >= 11 is 7.43. The van der Waals surface area contributed by atoms with Crippen molar-refractivity contribution in [1.29, 1.82) is 0 Å². The monoisotopic (exact) mass is 229 g/mol. The summed E-state index contributed by atoms with van der Waals surface area (Å²) in [5, 5.41) is 3.35. The second kappa shape index (κ2) is 7.04. The minimum Gasteiger partial charge on any atom is -0.316 e. The van der Waals surface area contributed by atoms with Crippen LogP contribution < -0.4 is 5.32 Å². The van der Waals surface area contributed by atoms with E-state index in [2.05, 4.69) is 24.4 Å². The van der Waals surface area contributed by atoms with E-state index in [-0.39, 0.29) is 0 Å². The molecule has 3 heteroatoms. The maximum Gasteiger partial charge on any atom is 0.0934 e. The molecule has 0 saturated heterocycles. The van der Waals surface area contributed by atoms with E-state index in [9.17, 15) is 0 Å². The van der Waals surface area contributed by atoms with Gasteiger partial charge in [0.25, 0.3) is 0 Å². The van der Waals surface area contributed by atoms with Crippen molar-refractivity contribution in [2.45, 2.75) is 19.8 Å². The fourth-order valence-corrected chi connectivity index (χ4v) is 2.10. The Labute approximate surface area is 94.8 Å². The van der Waals surface area contributed by atoms with Crippen LogP contribution in [0, 0.1) is 0 Å². The highest BCUT2D eigenvalue weighted by Gasteiger charge is 1.91. The van der Waals surface area contributed by atoms with Gasteiger partial charge in [0.2, 0.25) is 0 Å². The van der Waals surface area contributed by atoms with Gasteiger partial charge in [0, 0.05) is 4.88 Å². The van der Waals surface area contributed by atoms with Crippen molar-refractivity contribution in [1.82, 2.24) is 5.32 Å². The molecule has 1 aromatic heterocycles. The number of rotatable bonds is 6. The Kier molecular flexibility index (Phi) is 5.92. The normalized spacial score (nSPS) is 11.3. The number of halogens is 1. The molecule has 0 saturated carbocycles. The Hall–Kier alpha value is -0.310. The Balaban J connectivity index is 2.15. The molecule has 1 aromatic rings. The maximum absolute atomic E-state index is 5.81. The highest BCUT2D eigenvalue weighted by Crippen LogP contribution is 2.22. The molecule has 0 atom stereocenters. The summed E-state index contributed by atoms with van der Waals surface area (Å²) in [5.41, 5.74) is 0. The SMILES string of the molecule is CCCNCCC=Cc1ccc(Cl)s1. The van der Waals surface area contributed by atoms with Crippen molar-refractivity contribution >= 4 is 29.0 Å². The van der Waals surface area contributed by atoms with Crippen molar-refractivity contribution in [3.63, 3.8) is 0 Å². The van der Waals surface area contributed by atoms with E-state index in [1.54, 1.807) is 11.3 Å². The quantitative estimate of drug-likeness (QED) is 0.732. The minimum absolute atomic E-state index is 0.855. The molecule has 0 fully saturated rings. The van der Waals surface area contributed by atoms with Gasteiger partial charge in [-0.2, -0.15) is 0 Å². The van der Waals surface area contributed by atoms with Crippen LogP contribution in [0.3, 0.4) is 0 Å². The molecule has 0 aliphatic rings. The number of thiophene rings is 1. The first kappa shape index (κ1) is 11.8. The molecule has 1 heterocycles. The van der Waals surface area contributed by atoms with Crippen LogP contribution in [0.1, 0.15) is 24.6 Å². The van der Waals surface area contributed by atoms with E-state index in [1.165, 1.54) is 11.3 Å². The zero-order valence-electron chi connectivity index (χ0n) is 8.42. The molecule has 0 amide bonds. The van der Waals surface area contributed by atoms with Crippen LogP contribution in [-0.2, 0) is 0 Å². The van der Waals surface area contributed by atoms with Crippen LogP contribution in [0.4, 0.5) is 0 Å². The fraction of sp³-hybridized carbons (Fsp3) is 0.455. The largest absolute Gasteiger partial charge is 0.316 e. The zero-order chi connectivity index (χ0) is 10.2. The third-order valence-electron chi connectivity index (χ3n) is 1.79. The lowest BCUT2D eigenvalue weighted by molar-refractivity contribution is 0.679. The molecule has 14 heavy (non-hydrogen) atoms. The van der Waals surface area contributed by atoms with Gasteiger partial charge >= 0.3 is 0 Å².